The number of furan rings is 1. The van der Waals surface area contributed by atoms with Crippen LogP contribution in [-0.4, -0.2) is 33.9 Å². The molecular formula is C20H22N4O2S. The zero-order valence-electron chi connectivity index (χ0n) is 15.0. The van der Waals surface area contributed by atoms with E-state index in [0.717, 1.165) is 25.1 Å². The van der Waals surface area contributed by atoms with Crippen molar-refractivity contribution in [1.29, 1.82) is 0 Å². The molecule has 0 radical (unpaired) electrons. The van der Waals surface area contributed by atoms with Gasteiger partial charge in [0.25, 0.3) is 0 Å². The lowest BCUT2D eigenvalue weighted by Gasteiger charge is -2.34. The molecule has 1 atom stereocenters. The highest BCUT2D eigenvalue weighted by molar-refractivity contribution is 7.09. The summed E-state index contributed by atoms with van der Waals surface area (Å²) in [4.78, 5) is 27.2. The first-order valence-electron chi connectivity index (χ1n) is 9.15. The predicted octanol–water partition coefficient (Wildman–Crippen LogP) is 3.58. The number of rotatable bonds is 6. The minimum Gasteiger partial charge on any atom is -0.467 e. The summed E-state index contributed by atoms with van der Waals surface area (Å²) in [6.45, 7) is 2.64. The van der Waals surface area contributed by atoms with Gasteiger partial charge in [0.2, 0.25) is 11.9 Å². The Hall–Kier alpha value is -2.67. The van der Waals surface area contributed by atoms with Crippen molar-refractivity contribution in [3.8, 4) is 0 Å². The van der Waals surface area contributed by atoms with E-state index >= 15 is 0 Å². The molecular weight excluding hydrogens is 360 g/mol. The minimum absolute atomic E-state index is 0.0579. The second-order valence-corrected chi connectivity index (χ2v) is 7.72. The number of hydrogen-bond acceptors (Lipinski definition) is 6. The van der Waals surface area contributed by atoms with E-state index in [0.29, 0.717) is 25.6 Å². The Labute approximate surface area is 162 Å². The van der Waals surface area contributed by atoms with Crippen LogP contribution in [0, 0.1) is 5.92 Å². The number of nitrogens with zero attached hydrogens (tertiary/aromatic N) is 4. The van der Waals surface area contributed by atoms with Crippen molar-refractivity contribution in [2.75, 3.05) is 18.0 Å². The Bertz CT molecular complexity index is 800. The molecule has 0 saturated carbocycles. The summed E-state index contributed by atoms with van der Waals surface area (Å²) in [5, 5.41) is 2.04. The molecule has 0 spiro atoms. The fraction of sp³-hybridized carbons (Fsp3) is 0.350. The summed E-state index contributed by atoms with van der Waals surface area (Å²) in [5.41, 5.74) is 0. The molecule has 1 aliphatic rings. The van der Waals surface area contributed by atoms with Crippen molar-refractivity contribution in [3.63, 3.8) is 0 Å². The van der Waals surface area contributed by atoms with Crippen molar-refractivity contribution in [2.24, 2.45) is 5.92 Å². The second-order valence-electron chi connectivity index (χ2n) is 6.69. The van der Waals surface area contributed by atoms with Gasteiger partial charge in [0.1, 0.15) is 5.76 Å². The summed E-state index contributed by atoms with van der Waals surface area (Å²) in [7, 11) is 0. The van der Waals surface area contributed by atoms with E-state index in [9.17, 15) is 4.79 Å². The normalized spacial score (nSPS) is 17.0. The SMILES string of the molecule is O=C(C1CCCN(c2ncccn2)C1)N(Cc1ccco1)Cc1cccs1. The molecule has 6 nitrogen and oxygen atoms in total. The molecule has 0 aliphatic carbocycles. The lowest BCUT2D eigenvalue weighted by molar-refractivity contribution is -0.137. The van der Waals surface area contributed by atoms with Crippen molar-refractivity contribution in [1.82, 2.24) is 14.9 Å². The fourth-order valence-corrected chi connectivity index (χ4v) is 4.19. The number of piperidine rings is 1. The molecule has 1 saturated heterocycles. The zero-order valence-corrected chi connectivity index (χ0v) is 15.8. The van der Waals surface area contributed by atoms with Crippen molar-refractivity contribution in [2.45, 2.75) is 25.9 Å². The van der Waals surface area contributed by atoms with Crippen molar-refractivity contribution >= 4 is 23.2 Å². The summed E-state index contributed by atoms with van der Waals surface area (Å²) < 4.78 is 5.49. The summed E-state index contributed by atoms with van der Waals surface area (Å²) in [6, 6.07) is 9.67. The number of carbonyl (C=O) groups is 1. The third kappa shape index (κ3) is 4.36. The van der Waals surface area contributed by atoms with E-state index in [2.05, 4.69) is 20.9 Å². The molecule has 1 fully saturated rings. The van der Waals surface area contributed by atoms with Crippen molar-refractivity contribution < 1.29 is 9.21 Å². The largest absolute Gasteiger partial charge is 0.467 e. The molecule has 0 N–H and O–H groups in total. The first-order chi connectivity index (χ1) is 13.3. The summed E-state index contributed by atoms with van der Waals surface area (Å²) in [5.74, 6) is 1.61. The van der Waals surface area contributed by atoms with Crippen LogP contribution >= 0.6 is 11.3 Å². The smallest absolute Gasteiger partial charge is 0.228 e. The molecule has 0 aromatic carbocycles. The molecule has 140 valence electrons. The van der Waals surface area contributed by atoms with Gasteiger partial charge in [0.15, 0.2) is 0 Å². The van der Waals surface area contributed by atoms with E-state index in [-0.39, 0.29) is 11.8 Å². The maximum Gasteiger partial charge on any atom is 0.228 e. The number of amides is 1. The van der Waals surface area contributed by atoms with E-state index < -0.39 is 0 Å². The van der Waals surface area contributed by atoms with Gasteiger partial charge in [-0.15, -0.1) is 11.3 Å². The van der Waals surface area contributed by atoms with Gasteiger partial charge in [0.05, 0.1) is 25.3 Å². The van der Waals surface area contributed by atoms with Gasteiger partial charge in [-0.3, -0.25) is 4.79 Å². The number of thiophene rings is 1. The Kier molecular flexibility index (Phi) is 5.48. The number of aromatic nitrogens is 2. The summed E-state index contributed by atoms with van der Waals surface area (Å²) in [6.07, 6.45) is 6.99. The number of anilines is 1. The third-order valence-corrected chi connectivity index (χ3v) is 5.63. The van der Waals surface area contributed by atoms with Gasteiger partial charge in [0, 0.05) is 30.4 Å². The van der Waals surface area contributed by atoms with Gasteiger partial charge >= 0.3 is 0 Å². The molecule has 3 aromatic heterocycles. The average molecular weight is 382 g/mol. The van der Waals surface area contributed by atoms with Gasteiger partial charge in [-0.25, -0.2) is 9.97 Å². The molecule has 7 heteroatoms. The van der Waals surface area contributed by atoms with Crippen LogP contribution in [0.25, 0.3) is 0 Å². The van der Waals surface area contributed by atoms with Gasteiger partial charge in [-0.05, 0) is 42.5 Å². The van der Waals surface area contributed by atoms with Crippen LogP contribution in [0.4, 0.5) is 5.95 Å². The molecule has 1 unspecified atom stereocenters. The standard InChI is InChI=1S/C20H22N4O2S/c25-19(16-5-1-10-23(13-16)20-21-8-4-9-22-20)24(14-17-6-2-11-26-17)15-18-7-3-12-27-18/h2-4,6-9,11-12,16H,1,5,10,13-15H2. The Morgan fingerprint density at radius 1 is 1.22 bits per heavy atom. The fourth-order valence-electron chi connectivity index (χ4n) is 3.47. The first kappa shape index (κ1) is 17.7. The molecule has 1 aliphatic heterocycles. The predicted molar refractivity (Wildman–Crippen MR) is 104 cm³/mol. The first-order valence-corrected chi connectivity index (χ1v) is 10.0. The van der Waals surface area contributed by atoms with E-state index in [1.54, 1.807) is 30.0 Å². The monoisotopic (exact) mass is 382 g/mol. The van der Waals surface area contributed by atoms with E-state index in [1.807, 2.05) is 34.5 Å². The van der Waals surface area contributed by atoms with E-state index in [1.165, 1.54) is 4.88 Å². The lowest BCUT2D eigenvalue weighted by atomic mass is 9.96. The van der Waals surface area contributed by atoms with Crippen LogP contribution in [0.2, 0.25) is 0 Å². The van der Waals surface area contributed by atoms with Gasteiger partial charge < -0.3 is 14.2 Å². The topological polar surface area (TPSA) is 62.5 Å². The maximum absolute atomic E-state index is 13.3. The van der Waals surface area contributed by atoms with Crippen LogP contribution in [0.1, 0.15) is 23.5 Å². The highest BCUT2D eigenvalue weighted by Gasteiger charge is 2.30. The molecule has 3 aromatic rings. The van der Waals surface area contributed by atoms with Gasteiger partial charge in [-0.1, -0.05) is 6.07 Å². The average Bonchev–Trinajstić information content (AvgIpc) is 3.42. The molecule has 0 bridgehead atoms. The van der Waals surface area contributed by atoms with Gasteiger partial charge in [-0.2, -0.15) is 0 Å². The molecule has 1 amide bonds. The highest BCUT2D eigenvalue weighted by Crippen LogP contribution is 2.24. The minimum atomic E-state index is -0.0579. The van der Waals surface area contributed by atoms with E-state index in [4.69, 9.17) is 4.42 Å². The van der Waals surface area contributed by atoms with Crippen LogP contribution in [0.3, 0.4) is 0 Å². The molecule has 4 heterocycles. The molecule has 4 rings (SSSR count). The van der Waals surface area contributed by atoms with Crippen LogP contribution < -0.4 is 4.90 Å². The Balaban J connectivity index is 1.49. The Morgan fingerprint density at radius 3 is 2.85 bits per heavy atom. The zero-order chi connectivity index (χ0) is 18.5. The van der Waals surface area contributed by atoms with Crippen LogP contribution in [-0.2, 0) is 17.9 Å². The summed E-state index contributed by atoms with van der Waals surface area (Å²) >= 11 is 1.67. The number of carbonyl (C=O) groups excluding carboxylic acids is 1. The number of hydrogen-bond donors (Lipinski definition) is 0. The van der Waals surface area contributed by atoms with Crippen LogP contribution in [0.15, 0.2) is 58.8 Å². The quantitative estimate of drug-likeness (QED) is 0.652. The second kappa shape index (κ2) is 8.35. The highest BCUT2D eigenvalue weighted by atomic mass is 32.1. The maximum atomic E-state index is 13.3. The lowest BCUT2D eigenvalue weighted by Crippen LogP contribution is -2.45. The van der Waals surface area contributed by atoms with Crippen molar-refractivity contribution in [3.05, 3.63) is 65.0 Å². The van der Waals surface area contributed by atoms with Crippen LogP contribution in [0.5, 0.6) is 0 Å². The Morgan fingerprint density at radius 2 is 2.11 bits per heavy atom. The molecule has 27 heavy (non-hydrogen) atoms. The third-order valence-electron chi connectivity index (χ3n) is 4.77.